The summed E-state index contributed by atoms with van der Waals surface area (Å²) in [5.74, 6) is -0.933. The number of fused-ring (bicyclic) bond motifs is 1. The second kappa shape index (κ2) is 7.92. The highest BCUT2D eigenvalue weighted by molar-refractivity contribution is 5.72. The highest BCUT2D eigenvalue weighted by atomic mass is 19.4. The van der Waals surface area contributed by atoms with Crippen molar-refractivity contribution in [2.24, 2.45) is 0 Å². The summed E-state index contributed by atoms with van der Waals surface area (Å²) < 4.78 is 93.9. The molecule has 0 saturated heterocycles. The summed E-state index contributed by atoms with van der Waals surface area (Å²) in [5.41, 5.74) is -1.51. The van der Waals surface area contributed by atoms with E-state index in [-0.39, 0.29) is 28.5 Å². The second-order valence-electron chi connectivity index (χ2n) is 6.82. The van der Waals surface area contributed by atoms with Crippen LogP contribution in [0.4, 0.5) is 47.9 Å². The summed E-state index contributed by atoms with van der Waals surface area (Å²) in [4.78, 5) is 7.60. The Bertz CT molecular complexity index is 1310. The van der Waals surface area contributed by atoms with Gasteiger partial charge < -0.3 is 5.32 Å². The number of alkyl halides is 6. The summed E-state index contributed by atoms with van der Waals surface area (Å²) in [6, 6.07) is 8.12. The van der Waals surface area contributed by atoms with Crippen molar-refractivity contribution >= 4 is 22.8 Å². The van der Waals surface area contributed by atoms with Crippen LogP contribution in [0, 0.1) is 5.82 Å². The predicted molar refractivity (Wildman–Crippen MR) is 104 cm³/mol. The standard InChI is InChI=1S/C20H12F7N5O/c21-11-3-6-16-30-18(20(25,26)27)17(32(16)9-11)14-7-13(31-33)8-15(29-14)28-12-4-1-10(2-5-12)19(22,23)24/h1-9,33H,(H2,28,29,31). The van der Waals surface area contributed by atoms with Crippen molar-refractivity contribution in [3.63, 3.8) is 0 Å². The number of anilines is 3. The molecule has 13 heteroatoms. The van der Waals surface area contributed by atoms with Gasteiger partial charge in [0.1, 0.15) is 23.0 Å². The summed E-state index contributed by atoms with van der Waals surface area (Å²) in [6.07, 6.45) is -8.66. The molecule has 1 aromatic carbocycles. The lowest BCUT2D eigenvalue weighted by Crippen LogP contribution is -2.09. The summed E-state index contributed by atoms with van der Waals surface area (Å²) in [5, 5.41) is 12.0. The number of imidazole rings is 1. The fraction of sp³-hybridized carbons (Fsp3) is 0.100. The van der Waals surface area contributed by atoms with E-state index in [1.54, 1.807) is 5.48 Å². The van der Waals surface area contributed by atoms with Gasteiger partial charge in [0.05, 0.1) is 16.9 Å². The van der Waals surface area contributed by atoms with Gasteiger partial charge in [-0.15, -0.1) is 0 Å². The minimum absolute atomic E-state index is 0.0890. The van der Waals surface area contributed by atoms with E-state index in [9.17, 15) is 35.9 Å². The zero-order chi connectivity index (χ0) is 24.0. The van der Waals surface area contributed by atoms with Crippen molar-refractivity contribution in [3.05, 3.63) is 71.8 Å². The SMILES string of the molecule is ONc1cc(Nc2ccc(C(F)(F)F)cc2)nc(-c2c(C(F)(F)F)nc3ccc(F)cn23)c1. The van der Waals surface area contributed by atoms with E-state index in [0.29, 0.717) is 0 Å². The van der Waals surface area contributed by atoms with Crippen LogP contribution >= 0.6 is 0 Å². The Kier molecular flexibility index (Phi) is 5.36. The number of nitrogens with one attached hydrogen (secondary N) is 2. The molecule has 0 aliphatic heterocycles. The lowest BCUT2D eigenvalue weighted by atomic mass is 10.2. The number of pyridine rings is 2. The first-order valence-corrected chi connectivity index (χ1v) is 9.07. The lowest BCUT2D eigenvalue weighted by Gasteiger charge is -2.13. The Balaban J connectivity index is 1.83. The van der Waals surface area contributed by atoms with Gasteiger partial charge in [-0.3, -0.25) is 15.1 Å². The summed E-state index contributed by atoms with van der Waals surface area (Å²) in [6.45, 7) is 0. The molecule has 3 N–H and O–H groups in total. The molecule has 3 heterocycles. The Morgan fingerprint density at radius 2 is 1.52 bits per heavy atom. The van der Waals surface area contributed by atoms with Crippen molar-refractivity contribution in [2.75, 3.05) is 10.8 Å². The molecule has 0 fully saturated rings. The van der Waals surface area contributed by atoms with Crippen molar-refractivity contribution in [2.45, 2.75) is 12.4 Å². The third kappa shape index (κ3) is 4.53. The van der Waals surface area contributed by atoms with Crippen LogP contribution < -0.4 is 10.8 Å². The maximum Gasteiger partial charge on any atom is 0.435 e. The third-order valence-electron chi connectivity index (χ3n) is 4.53. The molecule has 3 aromatic heterocycles. The zero-order valence-electron chi connectivity index (χ0n) is 16.1. The Morgan fingerprint density at radius 3 is 2.12 bits per heavy atom. The summed E-state index contributed by atoms with van der Waals surface area (Å²) in [7, 11) is 0. The van der Waals surface area contributed by atoms with Gasteiger partial charge in [0, 0.05) is 18.0 Å². The Hall–Kier alpha value is -3.87. The largest absolute Gasteiger partial charge is 0.435 e. The van der Waals surface area contributed by atoms with E-state index < -0.39 is 35.1 Å². The molecule has 4 aromatic rings. The van der Waals surface area contributed by atoms with Crippen molar-refractivity contribution in [1.29, 1.82) is 0 Å². The number of benzene rings is 1. The smallest absolute Gasteiger partial charge is 0.340 e. The molecule has 172 valence electrons. The number of hydrogen-bond acceptors (Lipinski definition) is 5. The third-order valence-corrected chi connectivity index (χ3v) is 4.53. The molecule has 0 amide bonds. The minimum atomic E-state index is -4.91. The Morgan fingerprint density at radius 1 is 0.818 bits per heavy atom. The molecule has 6 nitrogen and oxygen atoms in total. The van der Waals surface area contributed by atoms with E-state index in [4.69, 9.17) is 0 Å². The number of halogens is 7. The highest BCUT2D eigenvalue weighted by Gasteiger charge is 2.39. The number of nitrogens with zero attached hydrogens (tertiary/aromatic N) is 3. The molecule has 0 aliphatic carbocycles. The minimum Gasteiger partial charge on any atom is -0.340 e. The normalized spacial score (nSPS) is 12.2. The van der Waals surface area contributed by atoms with Crippen LogP contribution in [-0.2, 0) is 12.4 Å². The van der Waals surface area contributed by atoms with Crippen LogP contribution in [0.3, 0.4) is 0 Å². The second-order valence-corrected chi connectivity index (χ2v) is 6.82. The first kappa shape index (κ1) is 22.3. The van der Waals surface area contributed by atoms with Crippen LogP contribution in [0.15, 0.2) is 54.7 Å². The fourth-order valence-corrected chi connectivity index (χ4v) is 3.13. The van der Waals surface area contributed by atoms with Crippen LogP contribution in [0.2, 0.25) is 0 Å². The van der Waals surface area contributed by atoms with E-state index in [2.05, 4.69) is 15.3 Å². The van der Waals surface area contributed by atoms with E-state index >= 15 is 0 Å². The van der Waals surface area contributed by atoms with E-state index in [1.165, 1.54) is 6.07 Å². The van der Waals surface area contributed by atoms with Crippen molar-refractivity contribution in [1.82, 2.24) is 14.4 Å². The maximum absolute atomic E-state index is 13.8. The first-order chi connectivity index (χ1) is 15.5. The average molecular weight is 471 g/mol. The van der Waals surface area contributed by atoms with Crippen molar-refractivity contribution < 1.29 is 35.9 Å². The predicted octanol–water partition coefficient (Wildman–Crippen LogP) is 6.12. The van der Waals surface area contributed by atoms with E-state index in [0.717, 1.165) is 53.1 Å². The molecule has 0 spiro atoms. The van der Waals surface area contributed by atoms with Crippen LogP contribution in [-0.4, -0.2) is 19.6 Å². The van der Waals surface area contributed by atoms with Crippen LogP contribution in [0.5, 0.6) is 0 Å². The molecule has 0 unspecified atom stereocenters. The molecule has 0 atom stereocenters. The van der Waals surface area contributed by atoms with E-state index in [1.807, 2.05) is 0 Å². The van der Waals surface area contributed by atoms with Gasteiger partial charge in [0.15, 0.2) is 5.69 Å². The first-order valence-electron chi connectivity index (χ1n) is 9.07. The number of rotatable bonds is 4. The van der Waals surface area contributed by atoms with Crippen LogP contribution in [0.1, 0.15) is 11.3 Å². The monoisotopic (exact) mass is 471 g/mol. The molecular weight excluding hydrogens is 459 g/mol. The number of aromatic nitrogens is 3. The van der Waals surface area contributed by atoms with Gasteiger partial charge in [-0.2, -0.15) is 26.3 Å². The molecule has 33 heavy (non-hydrogen) atoms. The lowest BCUT2D eigenvalue weighted by molar-refractivity contribution is -0.140. The molecule has 0 radical (unpaired) electrons. The molecule has 0 saturated carbocycles. The molecule has 0 aliphatic rings. The quantitative estimate of drug-likeness (QED) is 0.247. The van der Waals surface area contributed by atoms with Crippen LogP contribution in [0.25, 0.3) is 17.0 Å². The van der Waals surface area contributed by atoms with Gasteiger partial charge in [-0.25, -0.2) is 14.4 Å². The van der Waals surface area contributed by atoms with Gasteiger partial charge in [0.2, 0.25) is 0 Å². The summed E-state index contributed by atoms with van der Waals surface area (Å²) >= 11 is 0. The zero-order valence-corrected chi connectivity index (χ0v) is 16.1. The average Bonchev–Trinajstić information content (AvgIpc) is 3.12. The topological polar surface area (TPSA) is 74.5 Å². The Labute approximate surface area is 180 Å². The molecule has 4 rings (SSSR count). The highest BCUT2D eigenvalue weighted by Crippen LogP contribution is 2.38. The molecular formula is C20H12F7N5O. The van der Waals surface area contributed by atoms with Crippen molar-refractivity contribution in [3.8, 4) is 11.4 Å². The van der Waals surface area contributed by atoms with Gasteiger partial charge in [0.25, 0.3) is 0 Å². The van der Waals surface area contributed by atoms with Gasteiger partial charge in [-0.05, 0) is 42.5 Å². The fourth-order valence-electron chi connectivity index (χ4n) is 3.13. The van der Waals surface area contributed by atoms with Gasteiger partial charge >= 0.3 is 12.4 Å². The number of hydrogen-bond donors (Lipinski definition) is 3. The maximum atomic E-state index is 13.8. The molecule has 0 bridgehead atoms. The van der Waals surface area contributed by atoms with Gasteiger partial charge in [-0.1, -0.05) is 0 Å².